The number of nitro groups is 1. The average Bonchev–Trinajstić information content (AvgIpc) is 2.62. The SMILES string of the molecule is COc1cc(=O)n(-c2cccc([N+](=O)[O-])c2)cc1-c1ccc(F)cc1. The number of benzene rings is 2. The third-order valence-corrected chi connectivity index (χ3v) is 3.71. The molecule has 0 radical (unpaired) electrons. The second-order valence-electron chi connectivity index (χ2n) is 5.25. The molecule has 0 bridgehead atoms. The zero-order valence-corrected chi connectivity index (χ0v) is 13.2. The van der Waals surface area contributed by atoms with Gasteiger partial charge in [-0.25, -0.2) is 4.39 Å². The van der Waals surface area contributed by atoms with E-state index in [2.05, 4.69) is 0 Å². The van der Waals surface area contributed by atoms with Gasteiger partial charge in [0.05, 0.1) is 17.7 Å². The van der Waals surface area contributed by atoms with Crippen LogP contribution in [0.2, 0.25) is 0 Å². The smallest absolute Gasteiger partial charge is 0.271 e. The van der Waals surface area contributed by atoms with Crippen LogP contribution in [-0.4, -0.2) is 16.6 Å². The fourth-order valence-electron chi connectivity index (χ4n) is 2.49. The van der Waals surface area contributed by atoms with Crippen molar-refractivity contribution in [3.63, 3.8) is 0 Å². The highest BCUT2D eigenvalue weighted by atomic mass is 19.1. The van der Waals surface area contributed by atoms with Gasteiger partial charge in [0, 0.05) is 30.0 Å². The number of aromatic nitrogens is 1. The molecule has 0 spiro atoms. The van der Waals surface area contributed by atoms with Crippen LogP contribution in [0.3, 0.4) is 0 Å². The van der Waals surface area contributed by atoms with Crippen LogP contribution in [-0.2, 0) is 0 Å². The Hall–Kier alpha value is -3.48. The van der Waals surface area contributed by atoms with Gasteiger partial charge in [0.1, 0.15) is 11.6 Å². The quantitative estimate of drug-likeness (QED) is 0.538. The number of nitro benzene ring substituents is 1. The van der Waals surface area contributed by atoms with Gasteiger partial charge in [-0.15, -0.1) is 0 Å². The first-order chi connectivity index (χ1) is 12.0. The van der Waals surface area contributed by atoms with Crippen molar-refractivity contribution in [3.05, 3.63) is 87.1 Å². The highest BCUT2D eigenvalue weighted by molar-refractivity contribution is 5.70. The largest absolute Gasteiger partial charge is 0.496 e. The van der Waals surface area contributed by atoms with E-state index in [4.69, 9.17) is 4.74 Å². The van der Waals surface area contributed by atoms with Gasteiger partial charge < -0.3 is 4.74 Å². The predicted molar refractivity (Wildman–Crippen MR) is 90.6 cm³/mol. The lowest BCUT2D eigenvalue weighted by molar-refractivity contribution is -0.384. The summed E-state index contributed by atoms with van der Waals surface area (Å²) in [5.41, 5.74) is 1.04. The maximum atomic E-state index is 13.2. The molecule has 1 aromatic heterocycles. The molecule has 0 aliphatic rings. The molecule has 3 aromatic rings. The second-order valence-corrected chi connectivity index (χ2v) is 5.25. The molecule has 1 heterocycles. The molecule has 0 aliphatic heterocycles. The number of halogens is 1. The molecule has 25 heavy (non-hydrogen) atoms. The molecular weight excluding hydrogens is 327 g/mol. The molecular formula is C18H13FN2O4. The molecule has 126 valence electrons. The Balaban J connectivity index is 2.20. The van der Waals surface area contributed by atoms with Gasteiger partial charge in [0.15, 0.2) is 0 Å². The third kappa shape index (κ3) is 3.25. The molecule has 3 rings (SSSR count). The molecule has 0 saturated carbocycles. The summed E-state index contributed by atoms with van der Waals surface area (Å²) in [6.45, 7) is 0. The number of nitrogens with zero attached hydrogens (tertiary/aromatic N) is 2. The van der Waals surface area contributed by atoms with Gasteiger partial charge in [-0.1, -0.05) is 18.2 Å². The Kier molecular flexibility index (Phi) is 4.30. The molecule has 0 aliphatic carbocycles. The van der Waals surface area contributed by atoms with Crippen LogP contribution in [0.15, 0.2) is 65.6 Å². The lowest BCUT2D eigenvalue weighted by Crippen LogP contribution is -2.17. The Bertz CT molecular complexity index is 997. The van der Waals surface area contributed by atoms with E-state index in [0.717, 1.165) is 0 Å². The van der Waals surface area contributed by atoms with Crippen LogP contribution in [0, 0.1) is 15.9 Å². The molecule has 0 amide bonds. The summed E-state index contributed by atoms with van der Waals surface area (Å²) in [6.07, 6.45) is 1.52. The zero-order chi connectivity index (χ0) is 18.0. The Morgan fingerprint density at radius 1 is 1.12 bits per heavy atom. The van der Waals surface area contributed by atoms with E-state index < -0.39 is 10.5 Å². The molecule has 0 fully saturated rings. The topological polar surface area (TPSA) is 74.4 Å². The first-order valence-corrected chi connectivity index (χ1v) is 7.31. The minimum Gasteiger partial charge on any atom is -0.496 e. The van der Waals surface area contributed by atoms with Crippen LogP contribution in [0.5, 0.6) is 5.75 Å². The van der Waals surface area contributed by atoms with E-state index in [1.165, 1.54) is 54.3 Å². The molecule has 6 nitrogen and oxygen atoms in total. The van der Waals surface area contributed by atoms with Crippen LogP contribution in [0.4, 0.5) is 10.1 Å². The zero-order valence-electron chi connectivity index (χ0n) is 13.2. The van der Waals surface area contributed by atoms with E-state index in [1.54, 1.807) is 18.2 Å². The van der Waals surface area contributed by atoms with Crippen molar-refractivity contribution in [3.8, 4) is 22.6 Å². The van der Waals surface area contributed by atoms with Crippen molar-refractivity contribution in [2.75, 3.05) is 7.11 Å². The maximum Gasteiger partial charge on any atom is 0.271 e. The number of rotatable bonds is 4. The number of hydrogen-bond donors (Lipinski definition) is 0. The standard InChI is InChI=1S/C18H13FN2O4/c1-25-17-10-18(22)20(14-3-2-4-15(9-14)21(23)24)11-16(17)12-5-7-13(19)8-6-12/h2-11H,1H3. The molecule has 2 aromatic carbocycles. The first kappa shape index (κ1) is 16.4. The molecule has 0 N–H and O–H groups in total. The highest BCUT2D eigenvalue weighted by Gasteiger charge is 2.13. The van der Waals surface area contributed by atoms with Crippen molar-refractivity contribution < 1.29 is 14.1 Å². The summed E-state index contributed by atoms with van der Waals surface area (Å²) >= 11 is 0. The molecule has 0 unspecified atom stereocenters. The third-order valence-electron chi connectivity index (χ3n) is 3.71. The summed E-state index contributed by atoms with van der Waals surface area (Å²) in [4.78, 5) is 22.8. The Morgan fingerprint density at radius 2 is 1.84 bits per heavy atom. The molecule has 0 atom stereocenters. The van der Waals surface area contributed by atoms with Gasteiger partial charge in [-0.2, -0.15) is 0 Å². The van der Waals surface area contributed by atoms with E-state index in [1.807, 2.05) is 0 Å². The fraction of sp³-hybridized carbons (Fsp3) is 0.0556. The van der Waals surface area contributed by atoms with Crippen molar-refractivity contribution >= 4 is 5.69 Å². The first-order valence-electron chi connectivity index (χ1n) is 7.31. The minimum absolute atomic E-state index is 0.122. The van der Waals surface area contributed by atoms with Crippen LogP contribution in [0.1, 0.15) is 0 Å². The Morgan fingerprint density at radius 3 is 2.48 bits per heavy atom. The molecule has 0 saturated heterocycles. The average molecular weight is 340 g/mol. The molecule has 7 heteroatoms. The van der Waals surface area contributed by atoms with Gasteiger partial charge in [0.2, 0.25) is 0 Å². The van der Waals surface area contributed by atoms with Gasteiger partial charge in [-0.05, 0) is 23.8 Å². The minimum atomic E-state index is -0.529. The van der Waals surface area contributed by atoms with Crippen LogP contribution < -0.4 is 10.3 Å². The van der Waals surface area contributed by atoms with Crippen molar-refractivity contribution in [2.45, 2.75) is 0 Å². The number of pyridine rings is 1. The van der Waals surface area contributed by atoms with E-state index >= 15 is 0 Å². The van der Waals surface area contributed by atoms with Gasteiger partial charge in [-0.3, -0.25) is 19.5 Å². The normalized spacial score (nSPS) is 10.5. The van der Waals surface area contributed by atoms with Gasteiger partial charge >= 0.3 is 0 Å². The van der Waals surface area contributed by atoms with E-state index in [9.17, 15) is 19.3 Å². The van der Waals surface area contributed by atoms with Crippen molar-refractivity contribution in [1.29, 1.82) is 0 Å². The summed E-state index contributed by atoms with van der Waals surface area (Å²) in [5.74, 6) is -0.0481. The monoisotopic (exact) mass is 340 g/mol. The fourth-order valence-corrected chi connectivity index (χ4v) is 2.49. The number of non-ortho nitro benzene ring substituents is 1. The summed E-state index contributed by atoms with van der Waals surface area (Å²) in [7, 11) is 1.43. The van der Waals surface area contributed by atoms with Gasteiger partial charge in [0.25, 0.3) is 11.2 Å². The Labute approximate surface area is 141 Å². The van der Waals surface area contributed by atoms with Crippen LogP contribution >= 0.6 is 0 Å². The summed E-state index contributed by atoms with van der Waals surface area (Å²) < 4.78 is 19.7. The summed E-state index contributed by atoms with van der Waals surface area (Å²) in [6, 6.07) is 12.8. The number of ether oxygens (including phenoxy) is 1. The number of methoxy groups -OCH3 is 1. The lowest BCUT2D eigenvalue weighted by Gasteiger charge is -2.13. The predicted octanol–water partition coefficient (Wildman–Crippen LogP) is 3.56. The van der Waals surface area contributed by atoms with Crippen molar-refractivity contribution in [2.24, 2.45) is 0 Å². The maximum absolute atomic E-state index is 13.2. The van der Waals surface area contributed by atoms with E-state index in [-0.39, 0.29) is 11.5 Å². The highest BCUT2D eigenvalue weighted by Crippen LogP contribution is 2.29. The van der Waals surface area contributed by atoms with Crippen molar-refractivity contribution in [1.82, 2.24) is 4.57 Å². The lowest BCUT2D eigenvalue weighted by atomic mass is 10.1. The number of hydrogen-bond acceptors (Lipinski definition) is 4. The summed E-state index contributed by atoms with van der Waals surface area (Å²) in [5, 5.41) is 11.0. The van der Waals surface area contributed by atoms with Crippen LogP contribution in [0.25, 0.3) is 16.8 Å². The van der Waals surface area contributed by atoms with E-state index in [0.29, 0.717) is 22.6 Å². The second kappa shape index (κ2) is 6.56.